The largest absolute Gasteiger partial charge is 0.361 e. The molecule has 1 saturated heterocycles. The Hall–Kier alpha value is -2.24. The Morgan fingerprint density at radius 1 is 1.44 bits per heavy atom. The van der Waals surface area contributed by atoms with Gasteiger partial charge in [-0.15, -0.1) is 0 Å². The third-order valence-corrected chi connectivity index (χ3v) is 5.23. The molecule has 0 saturated carbocycles. The second-order valence-electron chi connectivity index (χ2n) is 7.07. The van der Waals surface area contributed by atoms with E-state index >= 15 is 0 Å². The smallest absolute Gasteiger partial charge is 0.317 e. The fourth-order valence-corrected chi connectivity index (χ4v) is 3.94. The van der Waals surface area contributed by atoms with Crippen LogP contribution in [0.15, 0.2) is 22.9 Å². The number of likely N-dealkylation sites (tertiary alicyclic amines) is 1. The van der Waals surface area contributed by atoms with Crippen LogP contribution in [0, 0.1) is 13.8 Å². The van der Waals surface area contributed by atoms with Gasteiger partial charge in [0.25, 0.3) is 0 Å². The van der Waals surface area contributed by atoms with E-state index in [0.717, 1.165) is 42.8 Å². The van der Waals surface area contributed by atoms with Gasteiger partial charge in [0.05, 0.1) is 11.7 Å². The molecule has 2 amide bonds. The number of hydrogen-bond donors (Lipinski definition) is 1. The van der Waals surface area contributed by atoms with E-state index in [2.05, 4.69) is 28.0 Å². The first-order valence-corrected chi connectivity index (χ1v) is 9.07. The van der Waals surface area contributed by atoms with E-state index in [1.165, 1.54) is 5.69 Å². The second-order valence-corrected chi connectivity index (χ2v) is 7.07. The van der Waals surface area contributed by atoms with Crippen LogP contribution in [-0.2, 0) is 7.05 Å². The molecule has 1 N–H and O–H groups in total. The number of aromatic nitrogens is 2. The quantitative estimate of drug-likeness (QED) is 0.920. The monoisotopic (exact) mass is 344 g/mol. The molecule has 0 bridgehead atoms. The summed E-state index contributed by atoms with van der Waals surface area (Å²) in [5.74, 6) is 1.01. The number of carbonyl (C=O) groups excluding carboxylic acids is 1. The molecule has 1 aliphatic heterocycles. The van der Waals surface area contributed by atoms with Crippen molar-refractivity contribution in [1.29, 1.82) is 0 Å². The number of piperidine rings is 1. The van der Waals surface area contributed by atoms with Gasteiger partial charge in [-0.05, 0) is 45.2 Å². The number of carbonyl (C=O) groups is 1. The summed E-state index contributed by atoms with van der Waals surface area (Å²) >= 11 is 0. The predicted octanol–water partition coefficient (Wildman–Crippen LogP) is 3.67. The Morgan fingerprint density at radius 3 is 2.88 bits per heavy atom. The van der Waals surface area contributed by atoms with Crippen LogP contribution in [0.25, 0.3) is 0 Å². The first-order valence-electron chi connectivity index (χ1n) is 9.07. The Morgan fingerprint density at radius 2 is 2.24 bits per heavy atom. The van der Waals surface area contributed by atoms with Crippen LogP contribution in [0.2, 0.25) is 0 Å². The molecule has 25 heavy (non-hydrogen) atoms. The van der Waals surface area contributed by atoms with Crippen molar-refractivity contribution in [3.8, 4) is 0 Å². The number of hydrogen-bond acceptors (Lipinski definition) is 3. The fraction of sp³-hybridized carbons (Fsp3) is 0.579. The van der Waals surface area contributed by atoms with Gasteiger partial charge in [-0.1, -0.05) is 12.1 Å². The summed E-state index contributed by atoms with van der Waals surface area (Å²) in [6, 6.07) is 4.33. The van der Waals surface area contributed by atoms with Gasteiger partial charge in [-0.2, -0.15) is 0 Å². The standard InChI is InChI=1S/C19H28N4O2/c1-13(18-14(2)21-25-15(18)3)12-20-19(24)23-11-6-5-8-17(23)16-9-7-10-22(16)4/h7,9-10,13,17H,5-6,8,11-12H2,1-4H3,(H,20,24)/t13-,17+/m1/s1. The molecular formula is C19H28N4O2. The van der Waals surface area contributed by atoms with Crippen molar-refractivity contribution in [2.45, 2.75) is 52.0 Å². The second kappa shape index (κ2) is 7.33. The summed E-state index contributed by atoms with van der Waals surface area (Å²) in [6.45, 7) is 7.35. The number of aryl methyl sites for hydroxylation is 3. The van der Waals surface area contributed by atoms with Gasteiger partial charge in [0, 0.05) is 43.5 Å². The summed E-state index contributed by atoms with van der Waals surface area (Å²) in [6.07, 6.45) is 5.28. The molecule has 1 fully saturated rings. The van der Waals surface area contributed by atoms with Gasteiger partial charge in [0.1, 0.15) is 5.76 Å². The van der Waals surface area contributed by atoms with Gasteiger partial charge >= 0.3 is 6.03 Å². The van der Waals surface area contributed by atoms with Crippen molar-refractivity contribution < 1.29 is 9.32 Å². The van der Waals surface area contributed by atoms with Crippen molar-refractivity contribution in [3.63, 3.8) is 0 Å². The van der Waals surface area contributed by atoms with E-state index in [1.54, 1.807) is 0 Å². The van der Waals surface area contributed by atoms with Gasteiger partial charge in [0.2, 0.25) is 0 Å². The Kier molecular flexibility index (Phi) is 5.16. The van der Waals surface area contributed by atoms with Crippen molar-refractivity contribution in [2.24, 2.45) is 7.05 Å². The summed E-state index contributed by atoms with van der Waals surface area (Å²) in [5, 5.41) is 7.12. The zero-order valence-electron chi connectivity index (χ0n) is 15.6. The van der Waals surface area contributed by atoms with E-state index in [-0.39, 0.29) is 18.0 Å². The highest BCUT2D eigenvalue weighted by molar-refractivity contribution is 5.75. The predicted molar refractivity (Wildman–Crippen MR) is 96.5 cm³/mol. The Balaban J connectivity index is 1.66. The third kappa shape index (κ3) is 3.57. The zero-order chi connectivity index (χ0) is 18.0. The minimum absolute atomic E-state index is 0.0181. The lowest BCUT2D eigenvalue weighted by Gasteiger charge is -2.36. The molecule has 6 heteroatoms. The third-order valence-electron chi connectivity index (χ3n) is 5.23. The maximum atomic E-state index is 12.8. The SMILES string of the molecule is Cc1noc(C)c1[C@H](C)CNC(=O)N1CCCC[C@H]1c1cccn1C. The molecule has 3 heterocycles. The van der Waals surface area contributed by atoms with Crippen LogP contribution >= 0.6 is 0 Å². The van der Waals surface area contributed by atoms with Gasteiger partial charge in [-0.3, -0.25) is 0 Å². The maximum absolute atomic E-state index is 12.8. The summed E-state index contributed by atoms with van der Waals surface area (Å²) in [5.41, 5.74) is 3.20. The number of nitrogens with one attached hydrogen (secondary N) is 1. The molecular weight excluding hydrogens is 316 g/mol. The van der Waals surface area contributed by atoms with E-state index < -0.39 is 0 Å². The molecule has 0 spiro atoms. The van der Waals surface area contributed by atoms with Gasteiger partial charge in [-0.25, -0.2) is 4.79 Å². The average Bonchev–Trinajstić information content (AvgIpc) is 3.17. The fourth-order valence-electron chi connectivity index (χ4n) is 3.94. The number of amides is 2. The number of nitrogens with zero attached hydrogens (tertiary/aromatic N) is 3. The van der Waals surface area contributed by atoms with Crippen molar-refractivity contribution >= 4 is 6.03 Å². The highest BCUT2D eigenvalue weighted by Gasteiger charge is 2.29. The topological polar surface area (TPSA) is 63.3 Å². The van der Waals surface area contributed by atoms with Crippen LogP contribution in [0.1, 0.15) is 60.9 Å². The number of rotatable bonds is 4. The number of urea groups is 1. The van der Waals surface area contributed by atoms with Crippen LogP contribution < -0.4 is 5.32 Å². The molecule has 6 nitrogen and oxygen atoms in total. The molecule has 2 atom stereocenters. The van der Waals surface area contributed by atoms with Gasteiger partial charge in [0.15, 0.2) is 0 Å². The highest BCUT2D eigenvalue weighted by atomic mass is 16.5. The summed E-state index contributed by atoms with van der Waals surface area (Å²) in [7, 11) is 2.04. The minimum atomic E-state index is 0.0181. The molecule has 0 aromatic carbocycles. The van der Waals surface area contributed by atoms with Crippen molar-refractivity contribution in [1.82, 2.24) is 19.9 Å². The van der Waals surface area contributed by atoms with Crippen LogP contribution in [0.3, 0.4) is 0 Å². The zero-order valence-corrected chi connectivity index (χ0v) is 15.6. The van der Waals surface area contributed by atoms with Crippen molar-refractivity contribution in [2.75, 3.05) is 13.1 Å². The summed E-state index contributed by atoms with van der Waals surface area (Å²) < 4.78 is 7.36. The molecule has 2 aromatic heterocycles. The Bertz CT molecular complexity index is 714. The maximum Gasteiger partial charge on any atom is 0.317 e. The molecule has 0 unspecified atom stereocenters. The van der Waals surface area contributed by atoms with E-state index in [1.807, 2.05) is 38.1 Å². The molecule has 1 aliphatic rings. The minimum Gasteiger partial charge on any atom is -0.361 e. The normalized spacial score (nSPS) is 19.0. The molecule has 136 valence electrons. The Labute approximate surface area is 149 Å². The van der Waals surface area contributed by atoms with Crippen LogP contribution in [0.5, 0.6) is 0 Å². The first kappa shape index (κ1) is 17.6. The molecule has 3 rings (SSSR count). The van der Waals surface area contributed by atoms with E-state index in [0.29, 0.717) is 6.54 Å². The highest BCUT2D eigenvalue weighted by Crippen LogP contribution is 2.31. The lowest BCUT2D eigenvalue weighted by atomic mass is 9.99. The first-order chi connectivity index (χ1) is 12.0. The molecule has 2 aromatic rings. The summed E-state index contributed by atoms with van der Waals surface area (Å²) in [4.78, 5) is 14.8. The average molecular weight is 344 g/mol. The van der Waals surface area contributed by atoms with Gasteiger partial charge < -0.3 is 19.3 Å². The molecule has 0 aliphatic carbocycles. The van der Waals surface area contributed by atoms with Crippen LogP contribution in [0.4, 0.5) is 4.79 Å². The van der Waals surface area contributed by atoms with E-state index in [4.69, 9.17) is 4.52 Å². The van der Waals surface area contributed by atoms with Crippen molar-refractivity contribution in [3.05, 3.63) is 41.0 Å². The molecule has 0 radical (unpaired) electrons. The van der Waals surface area contributed by atoms with E-state index in [9.17, 15) is 4.79 Å². The lowest BCUT2D eigenvalue weighted by molar-refractivity contribution is 0.148. The van der Waals surface area contributed by atoms with Crippen LogP contribution in [-0.4, -0.2) is 33.7 Å². The lowest BCUT2D eigenvalue weighted by Crippen LogP contribution is -2.46.